The zero-order chi connectivity index (χ0) is 6.41. The standard InChI is InChI=1S/C7H14O/c1-4-6-8-7(3)5-2/h3-6H2,1-2H3. The maximum Gasteiger partial charge on any atom is 0.0885 e. The maximum absolute atomic E-state index is 5.15. The average molecular weight is 114 g/mol. The van der Waals surface area contributed by atoms with E-state index in [1.807, 2.05) is 6.92 Å². The lowest BCUT2D eigenvalue weighted by atomic mass is 10.4. The molecule has 0 spiro atoms. The van der Waals surface area contributed by atoms with Gasteiger partial charge in [0.15, 0.2) is 0 Å². The largest absolute Gasteiger partial charge is 0.499 e. The highest BCUT2D eigenvalue weighted by Gasteiger charge is 1.85. The fraction of sp³-hybridized carbons (Fsp3) is 0.714. The Labute approximate surface area is 51.4 Å². The lowest BCUT2D eigenvalue weighted by Crippen LogP contribution is -1.89. The smallest absolute Gasteiger partial charge is 0.0885 e. The Balaban J connectivity index is 2.99. The topological polar surface area (TPSA) is 9.23 Å². The van der Waals surface area contributed by atoms with Gasteiger partial charge in [0.2, 0.25) is 0 Å². The summed E-state index contributed by atoms with van der Waals surface area (Å²) in [6.45, 7) is 8.63. The summed E-state index contributed by atoms with van der Waals surface area (Å²) in [5.74, 6) is 0.895. The van der Waals surface area contributed by atoms with Gasteiger partial charge in [-0.1, -0.05) is 20.4 Å². The molecule has 0 rings (SSSR count). The predicted molar refractivity (Wildman–Crippen MR) is 35.7 cm³/mol. The number of hydrogen-bond donors (Lipinski definition) is 0. The van der Waals surface area contributed by atoms with Crippen LogP contribution in [0.3, 0.4) is 0 Å². The van der Waals surface area contributed by atoms with Crippen molar-refractivity contribution in [2.75, 3.05) is 6.61 Å². The first kappa shape index (κ1) is 7.54. The van der Waals surface area contributed by atoms with Gasteiger partial charge in [-0.05, 0) is 6.42 Å². The zero-order valence-electron chi connectivity index (χ0n) is 5.74. The van der Waals surface area contributed by atoms with E-state index in [-0.39, 0.29) is 0 Å². The van der Waals surface area contributed by atoms with Crippen LogP contribution in [-0.2, 0) is 4.74 Å². The minimum atomic E-state index is 0.812. The van der Waals surface area contributed by atoms with Crippen LogP contribution in [0, 0.1) is 0 Å². The van der Waals surface area contributed by atoms with Crippen molar-refractivity contribution in [2.24, 2.45) is 0 Å². The summed E-state index contributed by atoms with van der Waals surface area (Å²) in [6, 6.07) is 0. The SMILES string of the molecule is C=C(CC)OCCC. The van der Waals surface area contributed by atoms with Crippen molar-refractivity contribution < 1.29 is 4.74 Å². The van der Waals surface area contributed by atoms with Gasteiger partial charge in [0.05, 0.1) is 12.4 Å². The quantitative estimate of drug-likeness (QED) is 0.510. The average Bonchev–Trinajstić information content (AvgIpc) is 1.83. The normalized spacial score (nSPS) is 8.75. The lowest BCUT2D eigenvalue weighted by molar-refractivity contribution is 0.206. The Kier molecular flexibility index (Phi) is 4.42. The molecular formula is C7H14O. The Morgan fingerprint density at radius 3 is 2.50 bits per heavy atom. The molecule has 0 heterocycles. The number of ether oxygens (including phenoxy) is 1. The minimum Gasteiger partial charge on any atom is -0.499 e. The molecule has 0 aliphatic rings. The molecule has 8 heavy (non-hydrogen) atoms. The molecule has 0 aromatic carbocycles. The van der Waals surface area contributed by atoms with Gasteiger partial charge in [-0.25, -0.2) is 0 Å². The van der Waals surface area contributed by atoms with Gasteiger partial charge in [-0.2, -0.15) is 0 Å². The molecule has 1 heteroatoms. The van der Waals surface area contributed by atoms with Crippen LogP contribution < -0.4 is 0 Å². The molecule has 48 valence electrons. The summed E-state index contributed by atoms with van der Waals surface area (Å²) in [5, 5.41) is 0. The molecule has 1 nitrogen and oxygen atoms in total. The van der Waals surface area contributed by atoms with Gasteiger partial charge >= 0.3 is 0 Å². The van der Waals surface area contributed by atoms with Gasteiger partial charge in [0.1, 0.15) is 0 Å². The highest BCUT2D eigenvalue weighted by Crippen LogP contribution is 1.97. The van der Waals surface area contributed by atoms with Crippen LogP contribution in [0.15, 0.2) is 12.3 Å². The third-order valence-electron chi connectivity index (χ3n) is 0.905. The van der Waals surface area contributed by atoms with Crippen molar-refractivity contribution in [1.82, 2.24) is 0 Å². The summed E-state index contributed by atoms with van der Waals surface area (Å²) in [4.78, 5) is 0. The third kappa shape index (κ3) is 3.72. The first-order valence-electron chi connectivity index (χ1n) is 3.11. The van der Waals surface area contributed by atoms with Crippen LogP contribution in [0.1, 0.15) is 26.7 Å². The maximum atomic E-state index is 5.15. The number of allylic oxidation sites excluding steroid dienone is 1. The summed E-state index contributed by atoms with van der Waals surface area (Å²) in [7, 11) is 0. The van der Waals surface area contributed by atoms with Gasteiger partial charge < -0.3 is 4.74 Å². The van der Waals surface area contributed by atoms with E-state index in [9.17, 15) is 0 Å². The summed E-state index contributed by atoms with van der Waals surface area (Å²) >= 11 is 0. The predicted octanol–water partition coefficient (Wildman–Crippen LogP) is 2.34. The molecule has 0 amide bonds. The van der Waals surface area contributed by atoms with E-state index < -0.39 is 0 Å². The lowest BCUT2D eigenvalue weighted by Gasteiger charge is -2.02. The number of hydrogen-bond acceptors (Lipinski definition) is 1. The monoisotopic (exact) mass is 114 g/mol. The van der Waals surface area contributed by atoms with E-state index in [0.29, 0.717) is 0 Å². The zero-order valence-corrected chi connectivity index (χ0v) is 5.74. The highest BCUT2D eigenvalue weighted by molar-refractivity contribution is 4.78. The Hall–Kier alpha value is -0.460. The van der Waals surface area contributed by atoms with Crippen LogP contribution >= 0.6 is 0 Å². The molecular weight excluding hydrogens is 100 g/mol. The second-order valence-corrected chi connectivity index (χ2v) is 1.74. The Morgan fingerprint density at radius 1 is 1.50 bits per heavy atom. The van der Waals surface area contributed by atoms with E-state index in [0.717, 1.165) is 25.2 Å². The minimum absolute atomic E-state index is 0.812. The molecule has 0 N–H and O–H groups in total. The van der Waals surface area contributed by atoms with Crippen molar-refractivity contribution in [2.45, 2.75) is 26.7 Å². The first-order valence-corrected chi connectivity index (χ1v) is 3.11. The summed E-state index contributed by atoms with van der Waals surface area (Å²) in [5.41, 5.74) is 0. The van der Waals surface area contributed by atoms with Crippen molar-refractivity contribution in [3.8, 4) is 0 Å². The first-order chi connectivity index (χ1) is 3.81. The molecule has 0 saturated heterocycles. The van der Waals surface area contributed by atoms with Crippen molar-refractivity contribution in [1.29, 1.82) is 0 Å². The van der Waals surface area contributed by atoms with E-state index in [1.54, 1.807) is 0 Å². The van der Waals surface area contributed by atoms with E-state index in [4.69, 9.17) is 4.74 Å². The van der Waals surface area contributed by atoms with Gasteiger partial charge in [0, 0.05) is 6.42 Å². The highest BCUT2D eigenvalue weighted by atomic mass is 16.5. The van der Waals surface area contributed by atoms with E-state index >= 15 is 0 Å². The molecule has 0 radical (unpaired) electrons. The fourth-order valence-electron chi connectivity index (χ4n) is 0.348. The fourth-order valence-corrected chi connectivity index (χ4v) is 0.348. The van der Waals surface area contributed by atoms with Crippen LogP contribution in [0.25, 0.3) is 0 Å². The van der Waals surface area contributed by atoms with Gasteiger partial charge in [-0.3, -0.25) is 0 Å². The second-order valence-electron chi connectivity index (χ2n) is 1.74. The van der Waals surface area contributed by atoms with Crippen molar-refractivity contribution >= 4 is 0 Å². The molecule has 0 atom stereocenters. The molecule has 0 aromatic heterocycles. The Bertz CT molecular complexity index is 66.8. The molecule has 0 unspecified atom stereocenters. The molecule has 0 aliphatic heterocycles. The molecule has 0 fully saturated rings. The van der Waals surface area contributed by atoms with Crippen molar-refractivity contribution in [3.05, 3.63) is 12.3 Å². The second kappa shape index (κ2) is 4.69. The van der Waals surface area contributed by atoms with Crippen LogP contribution in [0.5, 0.6) is 0 Å². The number of rotatable bonds is 4. The molecule has 0 bridgehead atoms. The third-order valence-corrected chi connectivity index (χ3v) is 0.905. The van der Waals surface area contributed by atoms with Gasteiger partial charge in [0.25, 0.3) is 0 Å². The van der Waals surface area contributed by atoms with Crippen LogP contribution in [0.2, 0.25) is 0 Å². The van der Waals surface area contributed by atoms with E-state index in [1.165, 1.54) is 0 Å². The van der Waals surface area contributed by atoms with Crippen molar-refractivity contribution in [3.63, 3.8) is 0 Å². The molecule has 0 aliphatic carbocycles. The Morgan fingerprint density at radius 2 is 2.12 bits per heavy atom. The molecule has 0 aromatic rings. The van der Waals surface area contributed by atoms with E-state index in [2.05, 4.69) is 13.5 Å². The summed E-state index contributed by atoms with van der Waals surface area (Å²) in [6.07, 6.45) is 2.00. The van der Waals surface area contributed by atoms with Gasteiger partial charge in [-0.15, -0.1) is 0 Å². The van der Waals surface area contributed by atoms with Crippen LogP contribution in [0.4, 0.5) is 0 Å². The summed E-state index contributed by atoms with van der Waals surface area (Å²) < 4.78 is 5.15. The van der Waals surface area contributed by atoms with Crippen LogP contribution in [-0.4, -0.2) is 6.61 Å². The molecule has 0 saturated carbocycles.